The van der Waals surface area contributed by atoms with Crippen molar-refractivity contribution >= 4 is 51.0 Å². The number of fused-ring (bicyclic) bond motifs is 1. The highest BCUT2D eigenvalue weighted by Crippen LogP contribution is 2.28. The molecule has 0 aliphatic heterocycles. The average Bonchev–Trinajstić information content (AvgIpc) is 3.39. The molecule has 0 saturated heterocycles. The monoisotopic (exact) mass is 649 g/mol. The standard InChI is InChI=1S/C33H40BrN5O4/c1-33(2,3)43-32(42)37-28-16-14-26(34)20-29(28)36-30(40)24-11-9-22(10-12-24)21-39(18-17-38(4)5)31(41)35-27-15-13-23-7-6-8-25(23)19-27/h9-16,19-20H,6-8,17-18,21H2,1-5H3,(H,35,41)(H,36,40)(H,37,42). The fraction of sp³-hybridized carbons (Fsp3) is 0.364. The predicted octanol–water partition coefficient (Wildman–Crippen LogP) is 7.13. The van der Waals surface area contributed by atoms with Crippen LogP contribution in [0.15, 0.2) is 65.1 Å². The lowest BCUT2D eigenvalue weighted by Gasteiger charge is -2.25. The molecule has 9 nitrogen and oxygen atoms in total. The third-order valence-corrected chi connectivity index (χ3v) is 7.40. The van der Waals surface area contributed by atoms with Crippen LogP contribution in [-0.4, -0.2) is 60.6 Å². The summed E-state index contributed by atoms with van der Waals surface area (Å²) in [7, 11) is 3.95. The van der Waals surface area contributed by atoms with Gasteiger partial charge in [-0.15, -0.1) is 0 Å². The third kappa shape index (κ3) is 9.56. The summed E-state index contributed by atoms with van der Waals surface area (Å²) < 4.78 is 6.09. The molecule has 4 amide bonds. The Labute approximate surface area is 262 Å². The number of nitrogens with one attached hydrogen (secondary N) is 3. The highest BCUT2D eigenvalue weighted by Gasteiger charge is 2.20. The van der Waals surface area contributed by atoms with Crippen LogP contribution in [-0.2, 0) is 24.1 Å². The van der Waals surface area contributed by atoms with Crippen LogP contribution in [0.4, 0.5) is 26.7 Å². The Morgan fingerprint density at radius 1 is 0.837 bits per heavy atom. The fourth-order valence-corrected chi connectivity index (χ4v) is 5.11. The molecule has 0 heterocycles. The van der Waals surface area contributed by atoms with Crippen molar-refractivity contribution in [1.29, 1.82) is 0 Å². The number of rotatable bonds is 9. The maximum absolute atomic E-state index is 13.3. The van der Waals surface area contributed by atoms with Crippen LogP contribution in [0.3, 0.4) is 0 Å². The van der Waals surface area contributed by atoms with Crippen molar-refractivity contribution in [2.75, 3.05) is 43.1 Å². The summed E-state index contributed by atoms with van der Waals surface area (Å²) in [6.07, 6.45) is 2.68. The molecule has 0 saturated carbocycles. The molecule has 10 heteroatoms. The molecular weight excluding hydrogens is 610 g/mol. The molecule has 3 N–H and O–H groups in total. The van der Waals surface area contributed by atoms with E-state index in [1.54, 1.807) is 56.0 Å². The topological polar surface area (TPSA) is 103 Å². The SMILES string of the molecule is CN(C)CCN(Cc1ccc(C(=O)Nc2cc(Br)ccc2NC(=O)OC(C)(C)C)cc1)C(=O)Nc1ccc2c(c1)CCC2. The van der Waals surface area contributed by atoms with Gasteiger partial charge < -0.3 is 25.2 Å². The lowest BCUT2D eigenvalue weighted by molar-refractivity contribution is 0.0635. The van der Waals surface area contributed by atoms with E-state index in [2.05, 4.69) is 44.0 Å². The minimum Gasteiger partial charge on any atom is -0.444 e. The highest BCUT2D eigenvalue weighted by molar-refractivity contribution is 9.10. The van der Waals surface area contributed by atoms with E-state index in [1.807, 2.05) is 37.2 Å². The number of benzene rings is 3. The lowest BCUT2D eigenvalue weighted by Crippen LogP contribution is -2.39. The molecule has 0 unspecified atom stereocenters. The molecule has 0 spiro atoms. The number of amides is 4. The average molecular weight is 651 g/mol. The van der Waals surface area contributed by atoms with Crippen molar-refractivity contribution in [3.05, 3.63) is 87.4 Å². The van der Waals surface area contributed by atoms with Crippen LogP contribution in [0.5, 0.6) is 0 Å². The van der Waals surface area contributed by atoms with E-state index in [1.165, 1.54) is 11.1 Å². The zero-order valence-corrected chi connectivity index (χ0v) is 27.0. The maximum Gasteiger partial charge on any atom is 0.412 e. The van der Waals surface area contributed by atoms with Crippen LogP contribution in [0.25, 0.3) is 0 Å². The second kappa shape index (κ2) is 14.1. The molecule has 3 aromatic rings. The van der Waals surface area contributed by atoms with Gasteiger partial charge in [0.05, 0.1) is 11.4 Å². The molecule has 228 valence electrons. The zero-order chi connectivity index (χ0) is 31.1. The van der Waals surface area contributed by atoms with Gasteiger partial charge in [0.1, 0.15) is 5.60 Å². The van der Waals surface area contributed by atoms with Crippen molar-refractivity contribution < 1.29 is 19.1 Å². The molecule has 4 rings (SSSR count). The van der Waals surface area contributed by atoms with Crippen molar-refractivity contribution in [1.82, 2.24) is 9.80 Å². The van der Waals surface area contributed by atoms with Gasteiger partial charge in [-0.05, 0) is 113 Å². The van der Waals surface area contributed by atoms with Gasteiger partial charge in [0.15, 0.2) is 0 Å². The Morgan fingerprint density at radius 3 is 2.26 bits per heavy atom. The van der Waals surface area contributed by atoms with Gasteiger partial charge in [-0.3, -0.25) is 10.1 Å². The molecule has 1 aliphatic rings. The second-order valence-corrected chi connectivity index (χ2v) is 12.9. The predicted molar refractivity (Wildman–Crippen MR) is 175 cm³/mol. The molecule has 1 aliphatic carbocycles. The van der Waals surface area contributed by atoms with Crippen molar-refractivity contribution in [3.8, 4) is 0 Å². The van der Waals surface area contributed by atoms with Gasteiger partial charge in [0, 0.05) is 35.4 Å². The number of likely N-dealkylation sites (N-methyl/N-ethyl adjacent to an activating group) is 1. The molecule has 0 atom stereocenters. The number of carbonyl (C=O) groups is 3. The minimum atomic E-state index is -0.658. The van der Waals surface area contributed by atoms with Crippen LogP contribution in [0.2, 0.25) is 0 Å². The van der Waals surface area contributed by atoms with Gasteiger partial charge in [-0.2, -0.15) is 0 Å². The number of anilines is 3. The quantitative estimate of drug-likeness (QED) is 0.229. The van der Waals surface area contributed by atoms with Gasteiger partial charge in [0.25, 0.3) is 5.91 Å². The first-order chi connectivity index (χ1) is 20.4. The third-order valence-electron chi connectivity index (χ3n) is 6.91. The number of halogens is 1. The largest absolute Gasteiger partial charge is 0.444 e. The van der Waals surface area contributed by atoms with Gasteiger partial charge in [-0.1, -0.05) is 34.1 Å². The van der Waals surface area contributed by atoms with E-state index in [0.29, 0.717) is 36.6 Å². The molecule has 0 aromatic heterocycles. The second-order valence-electron chi connectivity index (χ2n) is 12.0. The summed E-state index contributed by atoms with van der Waals surface area (Å²) in [6.45, 7) is 6.99. The first-order valence-electron chi connectivity index (χ1n) is 14.4. The molecule has 0 bridgehead atoms. The number of aryl methyl sites for hydroxylation is 2. The smallest absolute Gasteiger partial charge is 0.412 e. The van der Waals surface area contributed by atoms with Crippen molar-refractivity contribution in [3.63, 3.8) is 0 Å². The molecule has 0 fully saturated rings. The fourth-order valence-electron chi connectivity index (χ4n) is 4.74. The van der Waals surface area contributed by atoms with Gasteiger partial charge in [-0.25, -0.2) is 9.59 Å². The van der Waals surface area contributed by atoms with Crippen LogP contribution < -0.4 is 16.0 Å². The number of nitrogens with zero attached hydrogens (tertiary/aromatic N) is 2. The number of hydrogen-bond donors (Lipinski definition) is 3. The van der Waals surface area contributed by atoms with Gasteiger partial charge in [0.2, 0.25) is 0 Å². The first kappa shape index (κ1) is 32.0. The molecule has 0 radical (unpaired) electrons. The van der Waals surface area contributed by atoms with Crippen LogP contribution >= 0.6 is 15.9 Å². The number of urea groups is 1. The van der Waals surface area contributed by atoms with E-state index in [9.17, 15) is 14.4 Å². The summed E-state index contributed by atoms with van der Waals surface area (Å²) in [5.41, 5.74) is 4.99. The Morgan fingerprint density at radius 2 is 1.56 bits per heavy atom. The maximum atomic E-state index is 13.3. The van der Waals surface area contributed by atoms with Crippen molar-refractivity contribution in [2.45, 2.75) is 52.2 Å². The Hall–Kier alpha value is -3.89. The van der Waals surface area contributed by atoms with Gasteiger partial charge >= 0.3 is 12.1 Å². The van der Waals surface area contributed by atoms with E-state index >= 15 is 0 Å². The Balaban J connectivity index is 1.42. The minimum absolute atomic E-state index is 0.165. The van der Waals surface area contributed by atoms with Crippen LogP contribution in [0.1, 0.15) is 54.2 Å². The van der Waals surface area contributed by atoms with E-state index in [4.69, 9.17) is 4.74 Å². The summed E-state index contributed by atoms with van der Waals surface area (Å²) in [6, 6.07) is 18.3. The first-order valence-corrected chi connectivity index (χ1v) is 15.2. The summed E-state index contributed by atoms with van der Waals surface area (Å²) in [5.74, 6) is -0.337. The normalized spacial score (nSPS) is 12.4. The zero-order valence-electron chi connectivity index (χ0n) is 25.4. The summed E-state index contributed by atoms with van der Waals surface area (Å²) in [4.78, 5) is 42.6. The molecule has 43 heavy (non-hydrogen) atoms. The summed E-state index contributed by atoms with van der Waals surface area (Å²) >= 11 is 3.42. The van der Waals surface area contributed by atoms with E-state index in [-0.39, 0.29) is 11.9 Å². The Bertz CT molecular complexity index is 1470. The molecular formula is C33H40BrN5O4. The number of hydrogen-bond acceptors (Lipinski definition) is 5. The highest BCUT2D eigenvalue weighted by atomic mass is 79.9. The lowest BCUT2D eigenvalue weighted by atomic mass is 10.1. The van der Waals surface area contributed by atoms with E-state index < -0.39 is 11.7 Å². The van der Waals surface area contributed by atoms with Crippen LogP contribution in [0, 0.1) is 0 Å². The van der Waals surface area contributed by atoms with Crippen molar-refractivity contribution in [2.24, 2.45) is 0 Å². The van der Waals surface area contributed by atoms with E-state index in [0.717, 1.165) is 35.0 Å². The number of carbonyl (C=O) groups excluding carboxylic acids is 3. The summed E-state index contributed by atoms with van der Waals surface area (Å²) in [5, 5.41) is 8.64. The Kier molecular flexibility index (Phi) is 10.5. The molecule has 3 aromatic carbocycles. The number of ether oxygens (including phenoxy) is 1.